The van der Waals surface area contributed by atoms with E-state index in [1.807, 2.05) is 6.07 Å². The molecule has 0 fully saturated rings. The van der Waals surface area contributed by atoms with Crippen LogP contribution in [0.15, 0.2) is 42.7 Å². The highest BCUT2D eigenvalue weighted by Crippen LogP contribution is 2.15. The van der Waals surface area contributed by atoms with Crippen molar-refractivity contribution >= 4 is 23.5 Å². The first-order valence-corrected chi connectivity index (χ1v) is 6.41. The van der Waals surface area contributed by atoms with E-state index in [2.05, 4.69) is 15.3 Å². The van der Waals surface area contributed by atoms with E-state index in [-0.39, 0.29) is 10.8 Å². The second kappa shape index (κ2) is 6.81. The Morgan fingerprint density at radius 3 is 2.48 bits per heavy atom. The molecule has 1 aromatic carbocycles. The molecule has 7 heteroatoms. The van der Waals surface area contributed by atoms with Crippen molar-refractivity contribution in [2.75, 3.05) is 7.11 Å². The molecular formula is C14H12ClN3O3. The van der Waals surface area contributed by atoms with Crippen molar-refractivity contribution in [3.05, 3.63) is 59.1 Å². The van der Waals surface area contributed by atoms with Gasteiger partial charge in [0.15, 0.2) is 6.04 Å². The molecule has 0 saturated carbocycles. The Morgan fingerprint density at radius 2 is 1.90 bits per heavy atom. The fourth-order valence-corrected chi connectivity index (χ4v) is 1.77. The van der Waals surface area contributed by atoms with Gasteiger partial charge in [-0.3, -0.25) is 4.79 Å². The number of hydrogen-bond donors (Lipinski definition) is 1. The normalized spacial score (nSPS) is 11.5. The molecule has 1 aromatic heterocycles. The summed E-state index contributed by atoms with van der Waals surface area (Å²) in [5, 5.41) is 2.74. The number of hydrogen-bond acceptors (Lipinski definition) is 5. The van der Waals surface area contributed by atoms with Crippen LogP contribution >= 0.6 is 11.6 Å². The van der Waals surface area contributed by atoms with Crippen molar-refractivity contribution in [1.82, 2.24) is 15.3 Å². The predicted octanol–water partition coefficient (Wildman–Crippen LogP) is 1.77. The number of methoxy groups -OCH3 is 1. The van der Waals surface area contributed by atoms with Crippen molar-refractivity contribution in [2.24, 2.45) is 0 Å². The van der Waals surface area contributed by atoms with E-state index in [4.69, 9.17) is 16.3 Å². The maximum Gasteiger partial charge on any atom is 0.333 e. The van der Waals surface area contributed by atoms with Crippen molar-refractivity contribution in [3.63, 3.8) is 0 Å². The first kappa shape index (κ1) is 14.9. The Labute approximate surface area is 126 Å². The van der Waals surface area contributed by atoms with Crippen LogP contribution in [-0.2, 0) is 9.53 Å². The molecule has 0 aliphatic heterocycles. The fraction of sp³-hybridized carbons (Fsp3) is 0.143. The number of amides is 1. The standard InChI is InChI=1S/C14H12ClN3O3/c1-21-14(20)12(9-5-3-2-4-6-9)18-13(19)10-7-17-11(15)8-16-10/h2-8,12H,1H3,(H,18,19). The van der Waals surface area contributed by atoms with Gasteiger partial charge in [-0.05, 0) is 5.56 Å². The Hall–Kier alpha value is -2.47. The maximum absolute atomic E-state index is 12.1. The molecular weight excluding hydrogens is 294 g/mol. The van der Waals surface area contributed by atoms with Gasteiger partial charge in [0, 0.05) is 0 Å². The second-order valence-electron chi connectivity index (χ2n) is 4.06. The Balaban J connectivity index is 2.21. The first-order valence-electron chi connectivity index (χ1n) is 6.03. The van der Waals surface area contributed by atoms with Crippen LogP contribution in [0, 0.1) is 0 Å². The quantitative estimate of drug-likeness (QED) is 0.871. The lowest BCUT2D eigenvalue weighted by Gasteiger charge is -2.16. The molecule has 0 aliphatic carbocycles. The van der Waals surface area contributed by atoms with E-state index in [1.54, 1.807) is 24.3 Å². The lowest BCUT2D eigenvalue weighted by atomic mass is 10.1. The summed E-state index contributed by atoms with van der Waals surface area (Å²) < 4.78 is 4.71. The summed E-state index contributed by atoms with van der Waals surface area (Å²) >= 11 is 5.61. The minimum atomic E-state index is -0.916. The van der Waals surface area contributed by atoms with Crippen LogP contribution < -0.4 is 5.32 Å². The number of benzene rings is 1. The van der Waals surface area contributed by atoms with E-state index in [0.717, 1.165) is 0 Å². The Bertz CT molecular complexity index is 632. The van der Waals surface area contributed by atoms with Crippen LogP contribution in [0.5, 0.6) is 0 Å². The third-order valence-corrected chi connectivity index (χ3v) is 2.89. The zero-order valence-electron chi connectivity index (χ0n) is 11.1. The van der Waals surface area contributed by atoms with Gasteiger partial charge in [0.25, 0.3) is 5.91 Å². The van der Waals surface area contributed by atoms with Crippen molar-refractivity contribution in [1.29, 1.82) is 0 Å². The molecule has 2 aromatic rings. The molecule has 1 atom stereocenters. The molecule has 1 heterocycles. The van der Waals surface area contributed by atoms with E-state index < -0.39 is 17.9 Å². The Morgan fingerprint density at radius 1 is 1.19 bits per heavy atom. The average Bonchev–Trinajstić information content (AvgIpc) is 2.53. The zero-order valence-corrected chi connectivity index (χ0v) is 11.9. The minimum Gasteiger partial charge on any atom is -0.467 e. The van der Waals surface area contributed by atoms with Crippen LogP contribution in [0.1, 0.15) is 22.1 Å². The summed E-state index contributed by atoms with van der Waals surface area (Å²) in [5.74, 6) is -1.12. The number of nitrogens with zero attached hydrogens (tertiary/aromatic N) is 2. The molecule has 0 aliphatic rings. The SMILES string of the molecule is COC(=O)C(NC(=O)c1cnc(Cl)cn1)c1ccccc1. The van der Waals surface area contributed by atoms with Gasteiger partial charge in [-0.15, -0.1) is 0 Å². The molecule has 0 bridgehead atoms. The predicted molar refractivity (Wildman–Crippen MR) is 75.7 cm³/mol. The fourth-order valence-electron chi connectivity index (χ4n) is 1.68. The lowest BCUT2D eigenvalue weighted by molar-refractivity contribution is -0.143. The molecule has 6 nitrogen and oxygen atoms in total. The molecule has 2 rings (SSSR count). The molecule has 108 valence electrons. The van der Waals surface area contributed by atoms with E-state index >= 15 is 0 Å². The highest BCUT2D eigenvalue weighted by Gasteiger charge is 2.24. The van der Waals surface area contributed by atoms with Crippen molar-refractivity contribution in [3.8, 4) is 0 Å². The number of halogens is 1. The van der Waals surface area contributed by atoms with Crippen LogP contribution in [0.25, 0.3) is 0 Å². The van der Waals surface area contributed by atoms with Gasteiger partial charge < -0.3 is 10.1 Å². The van der Waals surface area contributed by atoms with E-state index in [9.17, 15) is 9.59 Å². The molecule has 0 saturated heterocycles. The van der Waals surface area contributed by atoms with Gasteiger partial charge in [0.2, 0.25) is 0 Å². The van der Waals surface area contributed by atoms with Crippen LogP contribution in [0.2, 0.25) is 5.15 Å². The molecule has 1 unspecified atom stereocenters. The second-order valence-corrected chi connectivity index (χ2v) is 4.45. The number of ether oxygens (including phenoxy) is 1. The first-order chi connectivity index (χ1) is 10.1. The summed E-state index contributed by atoms with van der Waals surface area (Å²) in [6, 6.07) is 7.86. The largest absolute Gasteiger partial charge is 0.467 e. The molecule has 0 spiro atoms. The van der Waals surface area contributed by atoms with Gasteiger partial charge in [-0.1, -0.05) is 41.9 Å². The summed E-state index contributed by atoms with van der Waals surface area (Å²) in [6.45, 7) is 0. The van der Waals surface area contributed by atoms with E-state index in [1.165, 1.54) is 19.5 Å². The van der Waals surface area contributed by atoms with Gasteiger partial charge >= 0.3 is 5.97 Å². The number of carbonyl (C=O) groups is 2. The smallest absolute Gasteiger partial charge is 0.333 e. The molecule has 1 amide bonds. The molecule has 21 heavy (non-hydrogen) atoms. The Kier molecular flexibility index (Phi) is 4.84. The number of carbonyl (C=O) groups excluding carboxylic acids is 2. The summed E-state index contributed by atoms with van der Waals surface area (Å²) in [5.41, 5.74) is 0.670. The zero-order chi connectivity index (χ0) is 15.2. The highest BCUT2D eigenvalue weighted by molar-refractivity contribution is 6.29. The lowest BCUT2D eigenvalue weighted by Crippen LogP contribution is -2.35. The van der Waals surface area contributed by atoms with Crippen LogP contribution in [-0.4, -0.2) is 29.0 Å². The van der Waals surface area contributed by atoms with Gasteiger partial charge in [-0.2, -0.15) is 0 Å². The maximum atomic E-state index is 12.1. The third-order valence-electron chi connectivity index (χ3n) is 2.70. The van der Waals surface area contributed by atoms with Crippen LogP contribution in [0.3, 0.4) is 0 Å². The summed E-state index contributed by atoms with van der Waals surface area (Å²) in [7, 11) is 1.26. The van der Waals surface area contributed by atoms with Gasteiger partial charge in [0.1, 0.15) is 10.8 Å². The van der Waals surface area contributed by atoms with Crippen LogP contribution in [0.4, 0.5) is 0 Å². The van der Waals surface area contributed by atoms with Crippen molar-refractivity contribution in [2.45, 2.75) is 6.04 Å². The number of rotatable bonds is 4. The number of nitrogens with one attached hydrogen (secondary N) is 1. The third kappa shape index (κ3) is 3.76. The minimum absolute atomic E-state index is 0.0595. The van der Waals surface area contributed by atoms with E-state index in [0.29, 0.717) is 5.56 Å². The topological polar surface area (TPSA) is 81.2 Å². The highest BCUT2D eigenvalue weighted by atomic mass is 35.5. The molecule has 1 N–H and O–H groups in total. The summed E-state index contributed by atoms with van der Waals surface area (Å²) in [4.78, 5) is 31.6. The van der Waals surface area contributed by atoms with Gasteiger partial charge in [0.05, 0.1) is 19.5 Å². The monoisotopic (exact) mass is 305 g/mol. The van der Waals surface area contributed by atoms with Crippen molar-refractivity contribution < 1.29 is 14.3 Å². The summed E-state index contributed by atoms with van der Waals surface area (Å²) in [6.07, 6.45) is 2.49. The number of aromatic nitrogens is 2. The molecule has 0 radical (unpaired) electrons. The van der Waals surface area contributed by atoms with Gasteiger partial charge in [-0.25, -0.2) is 14.8 Å². The average molecular weight is 306 g/mol. The number of esters is 1.